The molecule has 1 heterocycles. The van der Waals surface area contributed by atoms with Crippen molar-refractivity contribution in [1.82, 2.24) is 0 Å². The van der Waals surface area contributed by atoms with E-state index in [0.29, 0.717) is 22.6 Å². The Kier molecular flexibility index (Phi) is 6.77. The Morgan fingerprint density at radius 1 is 1.03 bits per heavy atom. The zero-order valence-corrected chi connectivity index (χ0v) is 20.6. The van der Waals surface area contributed by atoms with Gasteiger partial charge in [-0.15, -0.1) is 0 Å². The molecule has 3 aromatic carbocycles. The first kappa shape index (κ1) is 22.3. The summed E-state index contributed by atoms with van der Waals surface area (Å²) in [6.07, 6.45) is 1.66. The molecule has 0 amide bonds. The highest BCUT2D eigenvalue weighted by atomic mass is 79.9. The third-order valence-corrected chi connectivity index (χ3v) is 5.89. The fraction of sp³-hybridized carbons (Fsp3) is 0.120. The Hall–Kier alpha value is -2.90. The van der Waals surface area contributed by atoms with E-state index in [2.05, 4.69) is 36.9 Å². The molecular formula is C25H19Br2NO4. The summed E-state index contributed by atoms with van der Waals surface area (Å²) in [6.45, 7) is 2.45. The molecule has 1 aliphatic rings. The SMILES string of the molecule is COc1cc(/C=C2\N=C(c3ccc(Br)cc3)OC2=O)cc(Br)c1OCc1ccc(C)cc1. The van der Waals surface area contributed by atoms with Gasteiger partial charge in [0.05, 0.1) is 11.6 Å². The number of esters is 1. The van der Waals surface area contributed by atoms with Crippen LogP contribution in [0.1, 0.15) is 22.3 Å². The molecule has 0 radical (unpaired) electrons. The summed E-state index contributed by atoms with van der Waals surface area (Å²) in [4.78, 5) is 16.7. The molecule has 0 atom stereocenters. The van der Waals surface area contributed by atoms with Crippen LogP contribution in [0.5, 0.6) is 11.5 Å². The van der Waals surface area contributed by atoms with Crippen molar-refractivity contribution >= 4 is 49.8 Å². The van der Waals surface area contributed by atoms with Crippen LogP contribution in [0.3, 0.4) is 0 Å². The Balaban J connectivity index is 1.58. The van der Waals surface area contributed by atoms with E-state index in [4.69, 9.17) is 14.2 Å². The number of methoxy groups -OCH3 is 1. The fourth-order valence-electron chi connectivity index (χ4n) is 3.09. The molecule has 0 aliphatic carbocycles. The number of benzene rings is 3. The van der Waals surface area contributed by atoms with Crippen molar-refractivity contribution in [2.24, 2.45) is 4.99 Å². The fourth-order valence-corrected chi connectivity index (χ4v) is 3.92. The molecule has 162 valence electrons. The van der Waals surface area contributed by atoms with Gasteiger partial charge in [-0.3, -0.25) is 0 Å². The van der Waals surface area contributed by atoms with E-state index in [1.54, 1.807) is 19.3 Å². The highest BCUT2D eigenvalue weighted by Gasteiger charge is 2.24. The number of aryl methyl sites for hydroxylation is 1. The molecule has 1 aliphatic heterocycles. The number of hydrogen-bond donors (Lipinski definition) is 0. The molecule has 3 aromatic rings. The van der Waals surface area contributed by atoms with Crippen LogP contribution in [-0.4, -0.2) is 19.0 Å². The quantitative estimate of drug-likeness (QED) is 0.258. The van der Waals surface area contributed by atoms with E-state index in [1.165, 1.54) is 5.56 Å². The lowest BCUT2D eigenvalue weighted by atomic mass is 10.1. The molecule has 7 heteroatoms. The minimum atomic E-state index is -0.502. The van der Waals surface area contributed by atoms with Crippen LogP contribution in [0.25, 0.3) is 6.08 Å². The van der Waals surface area contributed by atoms with Gasteiger partial charge in [-0.1, -0.05) is 45.8 Å². The molecular weight excluding hydrogens is 538 g/mol. The lowest BCUT2D eigenvalue weighted by molar-refractivity contribution is -0.129. The minimum absolute atomic E-state index is 0.213. The smallest absolute Gasteiger partial charge is 0.363 e. The lowest BCUT2D eigenvalue weighted by Crippen LogP contribution is -2.05. The molecule has 0 aromatic heterocycles. The molecule has 0 saturated heterocycles. The number of cyclic esters (lactones) is 1. The maximum atomic E-state index is 12.3. The highest BCUT2D eigenvalue weighted by Crippen LogP contribution is 2.38. The second-order valence-electron chi connectivity index (χ2n) is 7.15. The molecule has 0 bridgehead atoms. The second-order valence-corrected chi connectivity index (χ2v) is 8.92. The van der Waals surface area contributed by atoms with Gasteiger partial charge in [0.15, 0.2) is 17.2 Å². The van der Waals surface area contributed by atoms with E-state index < -0.39 is 5.97 Å². The van der Waals surface area contributed by atoms with Gasteiger partial charge < -0.3 is 14.2 Å². The van der Waals surface area contributed by atoms with Crippen molar-refractivity contribution in [3.8, 4) is 11.5 Å². The zero-order chi connectivity index (χ0) is 22.7. The zero-order valence-electron chi connectivity index (χ0n) is 17.4. The van der Waals surface area contributed by atoms with E-state index in [0.717, 1.165) is 21.2 Å². The average molecular weight is 557 g/mol. The molecule has 0 N–H and O–H groups in total. The van der Waals surface area contributed by atoms with E-state index in [1.807, 2.05) is 61.5 Å². The number of halogens is 2. The molecule has 0 spiro atoms. The van der Waals surface area contributed by atoms with Gasteiger partial charge in [-0.25, -0.2) is 9.79 Å². The molecule has 32 heavy (non-hydrogen) atoms. The summed E-state index contributed by atoms with van der Waals surface area (Å²) in [5.41, 5.74) is 3.92. The predicted octanol–water partition coefficient (Wildman–Crippen LogP) is 6.45. The molecule has 5 nitrogen and oxygen atoms in total. The summed E-state index contributed by atoms with van der Waals surface area (Å²) in [6, 6.07) is 19.2. The predicted molar refractivity (Wildman–Crippen MR) is 131 cm³/mol. The van der Waals surface area contributed by atoms with Crippen molar-refractivity contribution in [3.05, 3.63) is 97.6 Å². The Labute approximate surface area is 203 Å². The lowest BCUT2D eigenvalue weighted by Gasteiger charge is -2.14. The van der Waals surface area contributed by atoms with Crippen molar-refractivity contribution in [3.63, 3.8) is 0 Å². The first-order valence-electron chi connectivity index (χ1n) is 9.77. The van der Waals surface area contributed by atoms with Crippen LogP contribution < -0.4 is 9.47 Å². The van der Waals surface area contributed by atoms with Gasteiger partial charge in [0.25, 0.3) is 0 Å². The third kappa shape index (κ3) is 5.11. The first-order chi connectivity index (χ1) is 15.4. The topological polar surface area (TPSA) is 57.1 Å². The second kappa shape index (κ2) is 9.71. The number of aliphatic imine (C=N–C) groups is 1. The molecule has 0 saturated carbocycles. The van der Waals surface area contributed by atoms with Gasteiger partial charge in [0.1, 0.15) is 6.61 Å². The van der Waals surface area contributed by atoms with Crippen molar-refractivity contribution in [1.29, 1.82) is 0 Å². The van der Waals surface area contributed by atoms with E-state index in [-0.39, 0.29) is 11.6 Å². The first-order valence-corrected chi connectivity index (χ1v) is 11.4. The largest absolute Gasteiger partial charge is 0.493 e. The molecule has 0 fully saturated rings. The summed E-state index contributed by atoms with van der Waals surface area (Å²) in [5.74, 6) is 0.903. The van der Waals surface area contributed by atoms with Gasteiger partial charge in [0.2, 0.25) is 5.90 Å². The van der Waals surface area contributed by atoms with Crippen LogP contribution in [0.2, 0.25) is 0 Å². The third-order valence-electron chi connectivity index (χ3n) is 4.77. The number of rotatable bonds is 6. The summed E-state index contributed by atoms with van der Waals surface area (Å²) >= 11 is 6.94. The maximum absolute atomic E-state index is 12.3. The number of carbonyl (C=O) groups is 1. The Morgan fingerprint density at radius 2 is 1.75 bits per heavy atom. The standard InChI is InChI=1S/C25H19Br2NO4/c1-15-3-5-16(6-4-15)14-31-23-20(27)11-17(13-22(23)30-2)12-21-25(29)32-24(28-21)18-7-9-19(26)10-8-18/h3-13H,14H2,1-2H3/b21-12-. The van der Waals surface area contributed by atoms with Gasteiger partial charge in [-0.2, -0.15) is 0 Å². The van der Waals surface area contributed by atoms with E-state index in [9.17, 15) is 4.79 Å². The monoisotopic (exact) mass is 555 g/mol. The van der Waals surface area contributed by atoms with Crippen LogP contribution in [-0.2, 0) is 16.1 Å². The normalized spacial score (nSPS) is 14.3. The number of hydrogen-bond acceptors (Lipinski definition) is 5. The van der Waals surface area contributed by atoms with E-state index >= 15 is 0 Å². The van der Waals surface area contributed by atoms with Gasteiger partial charge in [0, 0.05) is 10.0 Å². The van der Waals surface area contributed by atoms with Crippen molar-refractivity contribution in [2.45, 2.75) is 13.5 Å². The summed E-state index contributed by atoms with van der Waals surface area (Å²) in [5, 5.41) is 0. The van der Waals surface area contributed by atoms with Gasteiger partial charge >= 0.3 is 5.97 Å². The molecule has 0 unspecified atom stereocenters. The summed E-state index contributed by atoms with van der Waals surface area (Å²) in [7, 11) is 1.57. The Bertz CT molecular complexity index is 1220. The van der Waals surface area contributed by atoms with Gasteiger partial charge in [-0.05, 0) is 76.5 Å². The number of carbonyl (C=O) groups excluding carboxylic acids is 1. The van der Waals surface area contributed by atoms with Crippen molar-refractivity contribution in [2.75, 3.05) is 7.11 Å². The Morgan fingerprint density at radius 3 is 2.44 bits per heavy atom. The average Bonchev–Trinajstić information content (AvgIpc) is 3.14. The van der Waals surface area contributed by atoms with Crippen molar-refractivity contribution < 1.29 is 19.0 Å². The maximum Gasteiger partial charge on any atom is 0.363 e. The molecule has 4 rings (SSSR count). The van der Waals surface area contributed by atoms with Crippen LogP contribution in [0.15, 0.2) is 80.3 Å². The highest BCUT2D eigenvalue weighted by molar-refractivity contribution is 9.10. The number of nitrogens with zero attached hydrogens (tertiary/aromatic N) is 1. The number of ether oxygens (including phenoxy) is 3. The van der Waals surface area contributed by atoms with Crippen LogP contribution in [0.4, 0.5) is 0 Å². The summed E-state index contributed by atoms with van der Waals surface area (Å²) < 4.78 is 18.5. The minimum Gasteiger partial charge on any atom is -0.493 e. The van der Waals surface area contributed by atoms with Crippen LogP contribution >= 0.6 is 31.9 Å². The van der Waals surface area contributed by atoms with Crippen LogP contribution in [0, 0.1) is 6.92 Å².